The highest BCUT2D eigenvalue weighted by atomic mass is 16.1. The zero-order valence-electron chi connectivity index (χ0n) is 16.8. The summed E-state index contributed by atoms with van der Waals surface area (Å²) in [6, 6.07) is 17.2. The van der Waals surface area contributed by atoms with Gasteiger partial charge in [-0.25, -0.2) is 14.8 Å². The van der Waals surface area contributed by atoms with Crippen molar-refractivity contribution in [1.82, 2.24) is 9.55 Å². The first kappa shape index (κ1) is 20.0. The third kappa shape index (κ3) is 4.25. The monoisotopic (exact) mass is 385 g/mol. The minimum Gasteiger partial charge on any atom is -0.308 e. The zero-order valence-corrected chi connectivity index (χ0v) is 16.8. The number of nitrogens with zero attached hydrogens (tertiary/aromatic N) is 4. The number of amidine groups is 1. The van der Waals surface area contributed by atoms with Gasteiger partial charge in [-0.3, -0.25) is 4.57 Å². The van der Waals surface area contributed by atoms with Crippen LogP contribution >= 0.6 is 0 Å². The molecule has 146 valence electrons. The van der Waals surface area contributed by atoms with Gasteiger partial charge >= 0.3 is 5.69 Å². The van der Waals surface area contributed by atoms with Crippen LogP contribution in [0.4, 0.5) is 5.82 Å². The second-order valence-corrected chi connectivity index (χ2v) is 7.11. The number of hydrogen-bond acceptors (Lipinski definition) is 3. The highest BCUT2D eigenvalue weighted by Gasteiger charge is 2.15. The van der Waals surface area contributed by atoms with Crippen LogP contribution in [0.2, 0.25) is 0 Å². The lowest BCUT2D eigenvalue weighted by Crippen LogP contribution is -2.17. The molecule has 6 nitrogen and oxygen atoms in total. The molecule has 0 fully saturated rings. The summed E-state index contributed by atoms with van der Waals surface area (Å²) >= 11 is 0. The maximum absolute atomic E-state index is 12.5. The molecule has 29 heavy (non-hydrogen) atoms. The fourth-order valence-electron chi connectivity index (χ4n) is 3.23. The van der Waals surface area contributed by atoms with E-state index in [0.29, 0.717) is 35.4 Å². The van der Waals surface area contributed by atoms with Gasteiger partial charge in [0.15, 0.2) is 11.7 Å². The SMILES string of the molecule is C=N/C(=N\c1c(C)[nH]c(=O)n1Cc1ccc(C#N)cc1)c1ccccc1C(C)C. The Bertz CT molecular complexity index is 1160. The molecule has 0 unspecified atom stereocenters. The Balaban J connectivity index is 2.08. The number of aromatic nitrogens is 2. The number of H-pyrrole nitrogens is 1. The van der Waals surface area contributed by atoms with Gasteiger partial charge in [0.1, 0.15) is 0 Å². The molecule has 3 rings (SSSR count). The Labute approximate surface area is 169 Å². The molecule has 2 aromatic carbocycles. The molecule has 0 bridgehead atoms. The molecule has 1 N–H and O–H groups in total. The smallest absolute Gasteiger partial charge is 0.308 e. The topological polar surface area (TPSA) is 86.3 Å². The van der Waals surface area contributed by atoms with Crippen LogP contribution in [0, 0.1) is 18.3 Å². The first-order valence-corrected chi connectivity index (χ1v) is 9.37. The maximum atomic E-state index is 12.5. The molecule has 1 aromatic heterocycles. The van der Waals surface area contributed by atoms with E-state index in [1.54, 1.807) is 16.7 Å². The zero-order chi connectivity index (χ0) is 21.0. The fourth-order valence-corrected chi connectivity index (χ4v) is 3.23. The first-order valence-electron chi connectivity index (χ1n) is 9.37. The molecule has 1 heterocycles. The standard InChI is InChI=1S/C23H23N5O/c1-15(2)19-7-5-6-8-20(19)21(25-4)27-22-16(3)26-23(29)28(22)14-18-11-9-17(13-24)10-12-18/h5-12,15H,4,14H2,1-3H3,(H,26,29)/b27-21-. The van der Waals surface area contributed by atoms with Gasteiger partial charge < -0.3 is 4.98 Å². The van der Waals surface area contributed by atoms with Crippen LogP contribution in [0.15, 0.2) is 63.3 Å². The van der Waals surface area contributed by atoms with Crippen LogP contribution in [0.3, 0.4) is 0 Å². The van der Waals surface area contributed by atoms with Gasteiger partial charge in [0, 0.05) is 5.56 Å². The molecule has 3 aromatic rings. The number of benzene rings is 2. The number of nitriles is 1. The van der Waals surface area contributed by atoms with Crippen molar-refractivity contribution in [3.05, 3.63) is 87.0 Å². The van der Waals surface area contributed by atoms with Gasteiger partial charge in [-0.2, -0.15) is 5.26 Å². The lowest BCUT2D eigenvalue weighted by Gasteiger charge is -2.12. The fraction of sp³-hybridized carbons (Fsp3) is 0.217. The van der Waals surface area contributed by atoms with Gasteiger partial charge in [0.2, 0.25) is 0 Å². The molecular weight excluding hydrogens is 362 g/mol. The molecule has 0 amide bonds. The number of nitrogens with one attached hydrogen (secondary N) is 1. The van der Waals surface area contributed by atoms with Crippen LogP contribution in [0.25, 0.3) is 0 Å². The Morgan fingerprint density at radius 3 is 2.52 bits per heavy atom. The van der Waals surface area contributed by atoms with E-state index in [1.165, 1.54) is 0 Å². The van der Waals surface area contributed by atoms with Crippen molar-refractivity contribution in [2.45, 2.75) is 33.2 Å². The Hall–Kier alpha value is -3.72. The van der Waals surface area contributed by atoms with Crippen molar-refractivity contribution >= 4 is 18.4 Å². The number of aliphatic imine (C=N–C) groups is 2. The van der Waals surface area contributed by atoms with E-state index < -0.39 is 0 Å². The van der Waals surface area contributed by atoms with E-state index in [2.05, 4.69) is 42.7 Å². The summed E-state index contributed by atoms with van der Waals surface area (Å²) in [6.45, 7) is 10.1. The highest BCUT2D eigenvalue weighted by molar-refractivity contribution is 6.04. The summed E-state index contributed by atoms with van der Waals surface area (Å²) in [4.78, 5) is 24.2. The minimum absolute atomic E-state index is 0.244. The van der Waals surface area contributed by atoms with Crippen LogP contribution in [-0.2, 0) is 6.54 Å². The van der Waals surface area contributed by atoms with Crippen molar-refractivity contribution in [1.29, 1.82) is 5.26 Å². The van der Waals surface area contributed by atoms with Crippen LogP contribution in [-0.4, -0.2) is 22.1 Å². The Morgan fingerprint density at radius 1 is 1.21 bits per heavy atom. The normalized spacial score (nSPS) is 11.5. The van der Waals surface area contributed by atoms with E-state index in [0.717, 1.165) is 16.7 Å². The maximum Gasteiger partial charge on any atom is 0.327 e. The molecule has 0 saturated heterocycles. The molecule has 0 aliphatic rings. The van der Waals surface area contributed by atoms with E-state index in [4.69, 9.17) is 10.3 Å². The second kappa shape index (κ2) is 8.53. The van der Waals surface area contributed by atoms with Gasteiger partial charge in [0.25, 0.3) is 0 Å². The van der Waals surface area contributed by atoms with E-state index in [-0.39, 0.29) is 5.69 Å². The molecule has 0 radical (unpaired) electrons. The number of aromatic amines is 1. The van der Waals surface area contributed by atoms with Crippen molar-refractivity contribution < 1.29 is 0 Å². The van der Waals surface area contributed by atoms with Crippen molar-refractivity contribution in [2.24, 2.45) is 9.98 Å². The van der Waals surface area contributed by atoms with Gasteiger partial charge in [-0.15, -0.1) is 0 Å². The molecule has 0 aliphatic carbocycles. The lowest BCUT2D eigenvalue weighted by atomic mass is 9.96. The Morgan fingerprint density at radius 2 is 1.90 bits per heavy atom. The predicted molar refractivity (Wildman–Crippen MR) is 116 cm³/mol. The van der Waals surface area contributed by atoms with E-state index in [9.17, 15) is 4.79 Å². The molecule has 0 aliphatic heterocycles. The van der Waals surface area contributed by atoms with Crippen LogP contribution < -0.4 is 5.69 Å². The van der Waals surface area contributed by atoms with Gasteiger partial charge in [-0.1, -0.05) is 50.2 Å². The first-order chi connectivity index (χ1) is 13.9. The lowest BCUT2D eigenvalue weighted by molar-refractivity contribution is 0.764. The van der Waals surface area contributed by atoms with Crippen molar-refractivity contribution in [3.63, 3.8) is 0 Å². The van der Waals surface area contributed by atoms with Gasteiger partial charge in [0.05, 0.1) is 23.9 Å². The van der Waals surface area contributed by atoms with Crippen LogP contribution in [0.5, 0.6) is 0 Å². The molecule has 0 atom stereocenters. The molecule has 6 heteroatoms. The summed E-state index contributed by atoms with van der Waals surface area (Å²) in [5.41, 5.74) is 3.91. The second-order valence-electron chi connectivity index (χ2n) is 7.11. The summed E-state index contributed by atoms with van der Waals surface area (Å²) in [7, 11) is 0. The largest absolute Gasteiger partial charge is 0.327 e. The summed E-state index contributed by atoms with van der Waals surface area (Å²) in [6.07, 6.45) is 0. The van der Waals surface area contributed by atoms with Gasteiger partial charge in [-0.05, 0) is 42.8 Å². The summed E-state index contributed by atoms with van der Waals surface area (Å²) < 4.78 is 1.57. The number of hydrogen-bond donors (Lipinski definition) is 1. The predicted octanol–water partition coefficient (Wildman–Crippen LogP) is 4.31. The number of rotatable bonds is 5. The van der Waals surface area contributed by atoms with E-state index in [1.807, 2.05) is 37.3 Å². The summed E-state index contributed by atoms with van der Waals surface area (Å²) in [5, 5.41) is 8.96. The third-order valence-electron chi connectivity index (χ3n) is 4.74. The average molecular weight is 385 g/mol. The average Bonchev–Trinajstić information content (AvgIpc) is 2.99. The van der Waals surface area contributed by atoms with Crippen LogP contribution in [0.1, 0.15) is 47.7 Å². The third-order valence-corrected chi connectivity index (χ3v) is 4.74. The quantitative estimate of drug-likeness (QED) is 0.524. The summed E-state index contributed by atoms with van der Waals surface area (Å²) in [5.74, 6) is 1.29. The molecule has 0 spiro atoms. The van der Waals surface area contributed by atoms with Crippen molar-refractivity contribution in [3.8, 4) is 6.07 Å². The van der Waals surface area contributed by atoms with E-state index >= 15 is 0 Å². The molecule has 0 saturated carbocycles. The minimum atomic E-state index is -0.244. The molecular formula is C23H23N5O. The Kier molecular flexibility index (Phi) is 5.89. The number of imidazole rings is 1. The van der Waals surface area contributed by atoms with Crippen molar-refractivity contribution in [2.75, 3.05) is 0 Å². The highest BCUT2D eigenvalue weighted by Crippen LogP contribution is 2.24. The number of aryl methyl sites for hydroxylation is 1.